The van der Waals surface area contributed by atoms with Gasteiger partial charge in [0.2, 0.25) is 0 Å². The molecule has 2 N–H and O–H groups in total. The van der Waals surface area contributed by atoms with Crippen molar-refractivity contribution in [2.75, 3.05) is 19.8 Å². The van der Waals surface area contributed by atoms with Crippen LogP contribution >= 0.6 is 35.7 Å². The zero-order valence-electron chi connectivity index (χ0n) is 15.2. The molecule has 0 aliphatic rings. The van der Waals surface area contributed by atoms with E-state index >= 15 is 0 Å². The molecule has 0 fully saturated rings. The van der Waals surface area contributed by atoms with Gasteiger partial charge in [0.25, 0.3) is 0 Å². The van der Waals surface area contributed by atoms with Crippen LogP contribution in [0.15, 0.2) is 28.1 Å². The number of hydrogen-bond acceptors (Lipinski definition) is 4. The smallest absolute Gasteiger partial charge is 0.325 e. The van der Waals surface area contributed by atoms with Crippen LogP contribution in [0.1, 0.15) is 31.9 Å². The lowest BCUT2D eigenvalue weighted by Crippen LogP contribution is -2.41. The molecule has 5 nitrogen and oxygen atoms in total. The molecule has 0 bridgehead atoms. The van der Waals surface area contributed by atoms with Gasteiger partial charge in [0.15, 0.2) is 5.96 Å². The summed E-state index contributed by atoms with van der Waals surface area (Å²) in [5.74, 6) is 0.268. The fraction of sp³-hybridized carbons (Fsp3) is 0.529. The molecule has 0 heterocycles. The lowest BCUT2D eigenvalue weighted by molar-refractivity contribution is -0.153. The topological polar surface area (TPSA) is 62.7 Å². The van der Waals surface area contributed by atoms with Gasteiger partial charge in [-0.3, -0.25) is 9.79 Å². The van der Waals surface area contributed by atoms with Crippen molar-refractivity contribution in [2.24, 2.45) is 4.99 Å². The summed E-state index contributed by atoms with van der Waals surface area (Å²) in [5, 5.41) is 6.18. The molecule has 0 amide bonds. The van der Waals surface area contributed by atoms with Gasteiger partial charge in [-0.05, 0) is 51.1 Å². The van der Waals surface area contributed by atoms with Crippen LogP contribution in [0.5, 0.6) is 0 Å². The van der Waals surface area contributed by atoms with Crippen molar-refractivity contribution >= 4 is 47.7 Å². The number of halogens is 1. The Hall–Kier alpha value is -0.960. The second-order valence-corrected chi connectivity index (χ2v) is 7.03. The summed E-state index contributed by atoms with van der Waals surface area (Å²) in [4.78, 5) is 17.1. The third-order valence-electron chi connectivity index (χ3n) is 2.93. The third-order valence-corrected chi connectivity index (χ3v) is 3.75. The van der Waals surface area contributed by atoms with Crippen molar-refractivity contribution in [3.05, 3.63) is 29.3 Å². The summed E-state index contributed by atoms with van der Waals surface area (Å²) in [5.41, 5.74) is 1.96. The zero-order valence-corrected chi connectivity index (χ0v) is 18.4. The molecule has 0 atom stereocenters. The highest BCUT2D eigenvalue weighted by Gasteiger charge is 2.16. The average molecular weight is 465 g/mol. The SMILES string of the molecule is CN=C(NCC(=O)OC(C)(C)C)NCc1ccc(C)cc1SC.I. The molecule has 1 aromatic rings. The van der Waals surface area contributed by atoms with E-state index in [2.05, 4.69) is 47.0 Å². The van der Waals surface area contributed by atoms with Gasteiger partial charge in [-0.25, -0.2) is 0 Å². The molecule has 1 aromatic carbocycles. The lowest BCUT2D eigenvalue weighted by Gasteiger charge is -2.20. The molecule has 24 heavy (non-hydrogen) atoms. The van der Waals surface area contributed by atoms with Crippen molar-refractivity contribution < 1.29 is 9.53 Å². The second kappa shape index (κ2) is 10.8. The highest BCUT2D eigenvalue weighted by molar-refractivity contribution is 14.0. The summed E-state index contributed by atoms with van der Waals surface area (Å²) in [6, 6.07) is 6.36. The molecule has 0 saturated carbocycles. The second-order valence-electron chi connectivity index (χ2n) is 6.18. The van der Waals surface area contributed by atoms with Gasteiger partial charge < -0.3 is 15.4 Å². The van der Waals surface area contributed by atoms with Crippen molar-refractivity contribution in [1.82, 2.24) is 10.6 Å². The molecule has 0 unspecified atom stereocenters. The van der Waals surface area contributed by atoms with Crippen LogP contribution in [0, 0.1) is 6.92 Å². The van der Waals surface area contributed by atoms with Crippen LogP contribution < -0.4 is 10.6 Å². The van der Waals surface area contributed by atoms with Crippen LogP contribution in [0.4, 0.5) is 0 Å². The summed E-state index contributed by atoms with van der Waals surface area (Å²) in [6.07, 6.45) is 2.06. The van der Waals surface area contributed by atoms with Crippen LogP contribution in [0.3, 0.4) is 0 Å². The van der Waals surface area contributed by atoms with Gasteiger partial charge in [0.1, 0.15) is 12.1 Å². The number of nitrogens with one attached hydrogen (secondary N) is 2. The number of aliphatic imine (C=N–C) groups is 1. The van der Waals surface area contributed by atoms with Crippen LogP contribution in [0.25, 0.3) is 0 Å². The van der Waals surface area contributed by atoms with Crippen LogP contribution in [-0.2, 0) is 16.1 Å². The fourth-order valence-corrected chi connectivity index (χ4v) is 2.64. The maximum atomic E-state index is 11.7. The summed E-state index contributed by atoms with van der Waals surface area (Å²) >= 11 is 1.72. The molecule has 0 aromatic heterocycles. The first-order valence-electron chi connectivity index (χ1n) is 7.55. The molecule has 0 aliphatic heterocycles. The van der Waals surface area contributed by atoms with E-state index in [9.17, 15) is 4.79 Å². The van der Waals surface area contributed by atoms with Crippen molar-refractivity contribution in [3.63, 3.8) is 0 Å². The van der Waals surface area contributed by atoms with E-state index in [1.165, 1.54) is 16.0 Å². The number of rotatable bonds is 5. The van der Waals surface area contributed by atoms with Gasteiger partial charge >= 0.3 is 5.97 Å². The molecule has 136 valence electrons. The Balaban J connectivity index is 0.00000529. The highest BCUT2D eigenvalue weighted by atomic mass is 127. The molecular formula is C17H28IN3O2S. The molecule has 1 rings (SSSR count). The van der Waals surface area contributed by atoms with Crippen molar-refractivity contribution in [1.29, 1.82) is 0 Å². The Bertz CT molecular complexity index is 571. The van der Waals surface area contributed by atoms with E-state index in [0.717, 1.165) is 0 Å². The molecule has 0 saturated heterocycles. The van der Waals surface area contributed by atoms with E-state index in [4.69, 9.17) is 4.74 Å². The molecule has 0 aliphatic carbocycles. The number of carbonyl (C=O) groups is 1. The normalized spacial score (nSPS) is 11.5. The number of esters is 1. The monoisotopic (exact) mass is 465 g/mol. The number of hydrogen-bond donors (Lipinski definition) is 2. The van der Waals surface area contributed by atoms with E-state index in [0.29, 0.717) is 12.5 Å². The number of thioether (sulfide) groups is 1. The zero-order chi connectivity index (χ0) is 17.5. The minimum Gasteiger partial charge on any atom is -0.459 e. The number of nitrogens with zero attached hydrogens (tertiary/aromatic N) is 1. The Kier molecular flexibility index (Phi) is 10.4. The summed E-state index contributed by atoms with van der Waals surface area (Å²) in [7, 11) is 1.68. The molecular weight excluding hydrogens is 437 g/mol. The van der Waals surface area contributed by atoms with Gasteiger partial charge in [-0.2, -0.15) is 0 Å². The van der Waals surface area contributed by atoms with Gasteiger partial charge in [0, 0.05) is 18.5 Å². The first kappa shape index (κ1) is 23.0. The number of aryl methyl sites for hydroxylation is 1. The number of benzene rings is 1. The third kappa shape index (κ3) is 8.77. The molecule has 0 radical (unpaired) electrons. The first-order valence-corrected chi connectivity index (χ1v) is 8.77. The lowest BCUT2D eigenvalue weighted by atomic mass is 10.1. The van der Waals surface area contributed by atoms with E-state index < -0.39 is 5.60 Å². The summed E-state index contributed by atoms with van der Waals surface area (Å²) in [6.45, 7) is 8.35. The quantitative estimate of drug-likeness (QED) is 0.230. The molecule has 7 heteroatoms. The Morgan fingerprint density at radius 2 is 1.96 bits per heavy atom. The van der Waals surface area contributed by atoms with E-state index in [1.54, 1.807) is 18.8 Å². The van der Waals surface area contributed by atoms with Gasteiger partial charge in [-0.1, -0.05) is 12.1 Å². The van der Waals surface area contributed by atoms with Crippen LogP contribution in [0.2, 0.25) is 0 Å². The number of carbonyl (C=O) groups excluding carboxylic acids is 1. The summed E-state index contributed by atoms with van der Waals surface area (Å²) < 4.78 is 5.26. The minimum absolute atomic E-state index is 0. The van der Waals surface area contributed by atoms with E-state index in [-0.39, 0.29) is 36.5 Å². The predicted molar refractivity (Wildman–Crippen MR) is 112 cm³/mol. The standard InChI is InChI=1S/C17H27N3O2S.HI/c1-12-7-8-13(14(9-12)23-6)10-19-16(18-5)20-11-15(21)22-17(2,3)4;/h7-9H,10-11H2,1-6H3,(H2,18,19,20);1H. The maximum Gasteiger partial charge on any atom is 0.325 e. The minimum atomic E-state index is -0.481. The average Bonchev–Trinajstić information content (AvgIpc) is 2.46. The maximum absolute atomic E-state index is 11.7. The van der Waals surface area contributed by atoms with E-state index in [1.807, 2.05) is 20.8 Å². The highest BCUT2D eigenvalue weighted by Crippen LogP contribution is 2.21. The Morgan fingerprint density at radius 3 is 2.50 bits per heavy atom. The van der Waals surface area contributed by atoms with Crippen molar-refractivity contribution in [2.45, 2.75) is 44.7 Å². The van der Waals surface area contributed by atoms with Gasteiger partial charge in [0.05, 0.1) is 0 Å². The number of ether oxygens (including phenoxy) is 1. The van der Waals surface area contributed by atoms with Crippen LogP contribution in [-0.4, -0.2) is 37.4 Å². The largest absolute Gasteiger partial charge is 0.459 e. The molecule has 0 spiro atoms. The van der Waals surface area contributed by atoms with Crippen molar-refractivity contribution in [3.8, 4) is 0 Å². The predicted octanol–water partition coefficient (Wildman–Crippen LogP) is 3.34. The Morgan fingerprint density at radius 1 is 1.29 bits per heavy atom. The first-order chi connectivity index (χ1) is 10.7. The fourth-order valence-electron chi connectivity index (χ4n) is 1.93. The number of guanidine groups is 1. The van der Waals surface area contributed by atoms with Gasteiger partial charge in [-0.15, -0.1) is 35.7 Å². The Labute approximate surface area is 166 Å².